The van der Waals surface area contributed by atoms with E-state index < -0.39 is 0 Å². The van der Waals surface area contributed by atoms with Crippen molar-refractivity contribution in [2.45, 2.75) is 25.7 Å². The van der Waals surface area contributed by atoms with Gasteiger partial charge in [-0.2, -0.15) is 0 Å². The van der Waals surface area contributed by atoms with Crippen LogP contribution in [0.2, 0.25) is 0 Å². The Hall–Kier alpha value is -0.150. The molecule has 0 aromatic heterocycles. The molecule has 0 nitrogen and oxygen atoms in total. The van der Waals surface area contributed by atoms with Crippen LogP contribution in [0.3, 0.4) is 0 Å². The molecule has 0 aliphatic heterocycles. The monoisotopic (exact) mass is 129 g/mol. The normalized spacial score (nSPS) is 8.50. The maximum absolute atomic E-state index is 6.56. The Balaban J connectivity index is 2.65. The fourth-order valence-electron chi connectivity index (χ4n) is 0.485. The van der Waals surface area contributed by atoms with Crippen molar-refractivity contribution >= 4 is 11.6 Å². The molecule has 1 heteroatoms. The lowest BCUT2D eigenvalue weighted by Crippen LogP contribution is -1.75. The van der Waals surface area contributed by atoms with Crippen LogP contribution in [0.5, 0.6) is 0 Å². The van der Waals surface area contributed by atoms with Crippen molar-refractivity contribution in [3.05, 3.63) is 6.42 Å². The minimum Gasteiger partial charge on any atom is -0.127 e. The Morgan fingerprint density at radius 2 is 2.00 bits per heavy atom. The van der Waals surface area contributed by atoms with Crippen molar-refractivity contribution in [2.75, 3.05) is 5.88 Å². The second-order valence-electron chi connectivity index (χ2n) is 1.68. The SMILES string of the molecule is [C]#CCCCCCCl. The van der Waals surface area contributed by atoms with E-state index in [0.29, 0.717) is 0 Å². The summed E-state index contributed by atoms with van der Waals surface area (Å²) in [7, 11) is 0. The quantitative estimate of drug-likeness (QED) is 0.311. The Labute approximate surface area is 56.2 Å². The third kappa shape index (κ3) is 5.85. The van der Waals surface area contributed by atoms with E-state index in [2.05, 4.69) is 5.92 Å². The van der Waals surface area contributed by atoms with Gasteiger partial charge >= 0.3 is 0 Å². The molecule has 0 atom stereocenters. The predicted octanol–water partition coefficient (Wildman–Crippen LogP) is 2.38. The largest absolute Gasteiger partial charge is 0.127 e. The van der Waals surface area contributed by atoms with Crippen LogP contribution in [-0.4, -0.2) is 5.88 Å². The maximum Gasteiger partial charge on any atom is 0.0223 e. The van der Waals surface area contributed by atoms with Gasteiger partial charge < -0.3 is 0 Å². The molecule has 0 saturated carbocycles. The highest BCUT2D eigenvalue weighted by Gasteiger charge is 1.83. The number of rotatable bonds is 4. The average molecular weight is 130 g/mol. The van der Waals surface area contributed by atoms with E-state index in [4.69, 9.17) is 18.0 Å². The molecule has 0 unspecified atom stereocenters. The molecule has 0 bridgehead atoms. The first-order valence-electron chi connectivity index (χ1n) is 2.87. The number of halogens is 1. The van der Waals surface area contributed by atoms with Gasteiger partial charge in [-0.15, -0.1) is 11.6 Å². The fourth-order valence-corrected chi connectivity index (χ4v) is 0.674. The molecule has 0 aromatic rings. The van der Waals surface area contributed by atoms with E-state index in [1.165, 1.54) is 0 Å². The highest BCUT2D eigenvalue weighted by atomic mass is 35.5. The zero-order valence-electron chi connectivity index (χ0n) is 4.91. The molecule has 0 heterocycles. The molecular weight excluding hydrogens is 120 g/mol. The summed E-state index contributed by atoms with van der Waals surface area (Å²) in [6.45, 7) is 0. The molecule has 0 aliphatic carbocycles. The minimum atomic E-state index is 0.748. The molecule has 45 valence electrons. The van der Waals surface area contributed by atoms with Crippen LogP contribution in [0, 0.1) is 12.3 Å². The molecule has 0 rings (SSSR count). The number of alkyl halides is 1. The maximum atomic E-state index is 6.56. The predicted molar refractivity (Wildman–Crippen MR) is 36.3 cm³/mol. The van der Waals surface area contributed by atoms with Crippen LogP contribution in [0.25, 0.3) is 0 Å². The number of unbranched alkanes of at least 4 members (excludes halogenated alkanes) is 3. The van der Waals surface area contributed by atoms with Gasteiger partial charge in [-0.05, 0) is 19.3 Å². The zero-order valence-corrected chi connectivity index (χ0v) is 5.67. The van der Waals surface area contributed by atoms with Gasteiger partial charge in [0.1, 0.15) is 0 Å². The summed E-state index contributed by atoms with van der Waals surface area (Å²) in [6, 6.07) is 0. The molecule has 1 radical (unpaired) electrons. The van der Waals surface area contributed by atoms with E-state index in [0.717, 1.165) is 31.6 Å². The molecule has 0 spiro atoms. The third-order valence-corrected chi connectivity index (χ3v) is 1.20. The summed E-state index contributed by atoms with van der Waals surface area (Å²) < 4.78 is 0. The van der Waals surface area contributed by atoms with Gasteiger partial charge in [0.15, 0.2) is 0 Å². The topological polar surface area (TPSA) is 0 Å². The average Bonchev–Trinajstić information content (AvgIpc) is 1.81. The lowest BCUT2D eigenvalue weighted by molar-refractivity contribution is 0.740. The first-order valence-corrected chi connectivity index (χ1v) is 3.41. The van der Waals surface area contributed by atoms with Crippen LogP contribution in [-0.2, 0) is 0 Å². The lowest BCUT2D eigenvalue weighted by Gasteiger charge is -1.89. The van der Waals surface area contributed by atoms with Crippen LogP contribution in [0.15, 0.2) is 0 Å². The molecule has 8 heavy (non-hydrogen) atoms. The first kappa shape index (κ1) is 7.85. The Morgan fingerprint density at radius 1 is 1.25 bits per heavy atom. The van der Waals surface area contributed by atoms with Crippen LogP contribution < -0.4 is 0 Å². The highest BCUT2D eigenvalue weighted by molar-refractivity contribution is 6.17. The molecule has 0 amide bonds. The first-order chi connectivity index (χ1) is 3.91. The van der Waals surface area contributed by atoms with Crippen molar-refractivity contribution < 1.29 is 0 Å². The van der Waals surface area contributed by atoms with Crippen molar-refractivity contribution in [3.63, 3.8) is 0 Å². The Kier molecular flexibility index (Phi) is 6.72. The van der Waals surface area contributed by atoms with Crippen molar-refractivity contribution in [3.8, 4) is 5.92 Å². The standard InChI is InChI=1S/C7H10Cl/c1-2-3-4-5-6-7-8/h3-7H2. The summed E-state index contributed by atoms with van der Waals surface area (Å²) in [4.78, 5) is 0. The van der Waals surface area contributed by atoms with Crippen molar-refractivity contribution in [2.24, 2.45) is 0 Å². The van der Waals surface area contributed by atoms with Gasteiger partial charge in [-0.3, -0.25) is 0 Å². The van der Waals surface area contributed by atoms with Crippen molar-refractivity contribution in [1.82, 2.24) is 0 Å². The highest BCUT2D eigenvalue weighted by Crippen LogP contribution is 1.98. The molecule has 0 aromatic carbocycles. The van der Waals surface area contributed by atoms with Crippen LogP contribution >= 0.6 is 11.6 Å². The van der Waals surface area contributed by atoms with E-state index in [1.807, 2.05) is 0 Å². The second kappa shape index (κ2) is 6.85. The van der Waals surface area contributed by atoms with E-state index >= 15 is 0 Å². The van der Waals surface area contributed by atoms with E-state index in [9.17, 15) is 0 Å². The fraction of sp³-hybridized carbons (Fsp3) is 0.714. The zero-order chi connectivity index (χ0) is 6.24. The van der Waals surface area contributed by atoms with Gasteiger partial charge in [-0.25, -0.2) is 0 Å². The Morgan fingerprint density at radius 3 is 2.50 bits per heavy atom. The second-order valence-corrected chi connectivity index (χ2v) is 2.05. The van der Waals surface area contributed by atoms with Gasteiger partial charge in [-0.1, -0.05) is 12.3 Å². The summed E-state index contributed by atoms with van der Waals surface area (Å²) in [5, 5.41) is 0. The molecule has 0 aliphatic rings. The van der Waals surface area contributed by atoms with Gasteiger partial charge in [0.25, 0.3) is 0 Å². The van der Waals surface area contributed by atoms with E-state index in [1.54, 1.807) is 0 Å². The van der Waals surface area contributed by atoms with Crippen LogP contribution in [0.1, 0.15) is 25.7 Å². The van der Waals surface area contributed by atoms with Gasteiger partial charge in [0, 0.05) is 12.3 Å². The molecule has 0 fully saturated rings. The Bertz CT molecular complexity index is 70.9. The molecule has 0 saturated heterocycles. The summed E-state index contributed by atoms with van der Waals surface area (Å²) in [5.41, 5.74) is 0. The van der Waals surface area contributed by atoms with Gasteiger partial charge in [0.05, 0.1) is 0 Å². The molecule has 0 N–H and O–H groups in total. The minimum absolute atomic E-state index is 0.748. The van der Waals surface area contributed by atoms with Gasteiger partial charge in [0.2, 0.25) is 0 Å². The summed E-state index contributed by atoms with van der Waals surface area (Å²) in [6.07, 6.45) is 10.6. The van der Waals surface area contributed by atoms with Crippen molar-refractivity contribution in [1.29, 1.82) is 0 Å². The van der Waals surface area contributed by atoms with Crippen LogP contribution in [0.4, 0.5) is 0 Å². The molecular formula is C7H10Cl. The summed E-state index contributed by atoms with van der Waals surface area (Å²) in [5.74, 6) is 3.08. The summed E-state index contributed by atoms with van der Waals surface area (Å²) >= 11 is 5.41. The third-order valence-electron chi connectivity index (χ3n) is 0.935. The number of hydrogen-bond donors (Lipinski definition) is 0. The smallest absolute Gasteiger partial charge is 0.0223 e. The van der Waals surface area contributed by atoms with E-state index in [-0.39, 0.29) is 0 Å². The number of hydrogen-bond acceptors (Lipinski definition) is 0. The lowest BCUT2D eigenvalue weighted by atomic mass is 10.2.